The molecule has 2 rings (SSSR count). The Bertz CT molecular complexity index is 413. The van der Waals surface area contributed by atoms with Gasteiger partial charge >= 0.3 is 0 Å². The van der Waals surface area contributed by atoms with E-state index in [1.807, 2.05) is 6.07 Å². The number of ether oxygens (including phenoxy) is 1. The quantitative estimate of drug-likeness (QED) is 0.706. The number of halogens is 2. The van der Waals surface area contributed by atoms with Crippen molar-refractivity contribution in [2.24, 2.45) is 0 Å². The van der Waals surface area contributed by atoms with Crippen molar-refractivity contribution in [1.29, 1.82) is 0 Å². The Morgan fingerprint density at radius 3 is 3.00 bits per heavy atom. The molecule has 0 amide bonds. The van der Waals surface area contributed by atoms with E-state index in [0.717, 1.165) is 29.1 Å². The van der Waals surface area contributed by atoms with Crippen molar-refractivity contribution in [1.82, 2.24) is 4.90 Å². The number of hydrogen-bond donors (Lipinski definition) is 0. The maximum Gasteiger partial charge on any atom is 0.133 e. The van der Waals surface area contributed by atoms with Gasteiger partial charge in [0.2, 0.25) is 0 Å². The first-order chi connectivity index (χ1) is 9.24. The largest absolute Gasteiger partial charge is 0.496 e. The van der Waals surface area contributed by atoms with Gasteiger partial charge in [-0.1, -0.05) is 6.07 Å². The van der Waals surface area contributed by atoms with Gasteiger partial charge in [-0.3, -0.25) is 4.90 Å². The third kappa shape index (κ3) is 4.11. The van der Waals surface area contributed by atoms with Crippen molar-refractivity contribution >= 4 is 27.5 Å². The van der Waals surface area contributed by atoms with E-state index in [2.05, 4.69) is 33.0 Å². The first-order valence-corrected chi connectivity index (χ1v) is 8.19. The zero-order chi connectivity index (χ0) is 13.7. The Hall–Kier alpha value is -0.250. The molecule has 1 aliphatic heterocycles. The van der Waals surface area contributed by atoms with Crippen LogP contribution in [0.2, 0.25) is 0 Å². The van der Waals surface area contributed by atoms with E-state index in [1.54, 1.807) is 7.11 Å². The second-order valence-electron chi connectivity index (χ2n) is 5.07. The summed E-state index contributed by atoms with van der Waals surface area (Å²) < 4.78 is 6.30. The number of rotatable bonds is 6. The minimum atomic E-state index is 0.708. The molecular weight excluding hydrogens is 326 g/mol. The highest BCUT2D eigenvalue weighted by Gasteiger charge is 2.23. The van der Waals surface area contributed by atoms with Crippen LogP contribution in [0.4, 0.5) is 0 Å². The van der Waals surface area contributed by atoms with Gasteiger partial charge < -0.3 is 4.74 Å². The predicted molar refractivity (Wildman–Crippen MR) is 84.1 cm³/mol. The molecule has 1 aromatic rings. The average molecular weight is 347 g/mol. The zero-order valence-corrected chi connectivity index (χ0v) is 13.7. The first kappa shape index (κ1) is 15.1. The van der Waals surface area contributed by atoms with Crippen LogP contribution >= 0.6 is 27.5 Å². The molecule has 19 heavy (non-hydrogen) atoms. The monoisotopic (exact) mass is 345 g/mol. The Morgan fingerprint density at radius 2 is 2.32 bits per heavy atom. The summed E-state index contributed by atoms with van der Waals surface area (Å²) >= 11 is 9.36. The van der Waals surface area contributed by atoms with Gasteiger partial charge in [-0.05, 0) is 65.9 Å². The van der Waals surface area contributed by atoms with Gasteiger partial charge in [-0.15, -0.1) is 11.6 Å². The lowest BCUT2D eigenvalue weighted by molar-refractivity contribution is 0.233. The summed E-state index contributed by atoms with van der Waals surface area (Å²) in [4.78, 5) is 2.58. The SMILES string of the molecule is COc1ccc(CN2CCCC2CCCCl)cc1Br. The molecule has 0 aromatic heterocycles. The number of methoxy groups -OCH3 is 1. The molecule has 1 heterocycles. The number of likely N-dealkylation sites (tertiary alicyclic amines) is 1. The van der Waals surface area contributed by atoms with Crippen molar-refractivity contribution < 1.29 is 4.74 Å². The van der Waals surface area contributed by atoms with Gasteiger partial charge in [0.25, 0.3) is 0 Å². The number of nitrogens with zero attached hydrogens (tertiary/aromatic N) is 1. The molecule has 0 N–H and O–H groups in total. The highest BCUT2D eigenvalue weighted by molar-refractivity contribution is 9.10. The fourth-order valence-electron chi connectivity index (χ4n) is 2.79. The predicted octanol–water partition coefficient (Wildman–Crippen LogP) is 4.44. The summed E-state index contributed by atoms with van der Waals surface area (Å²) in [6, 6.07) is 7.05. The Kier molecular flexibility index (Phi) is 5.99. The van der Waals surface area contributed by atoms with Crippen LogP contribution in [0.5, 0.6) is 5.75 Å². The second-order valence-corrected chi connectivity index (χ2v) is 6.30. The Labute approximate surface area is 129 Å². The Morgan fingerprint density at radius 1 is 1.47 bits per heavy atom. The van der Waals surface area contributed by atoms with E-state index in [9.17, 15) is 0 Å². The van der Waals surface area contributed by atoms with E-state index in [-0.39, 0.29) is 0 Å². The van der Waals surface area contributed by atoms with Gasteiger partial charge in [-0.25, -0.2) is 0 Å². The average Bonchev–Trinajstić information content (AvgIpc) is 2.84. The van der Waals surface area contributed by atoms with E-state index in [0.29, 0.717) is 6.04 Å². The van der Waals surface area contributed by atoms with Crippen molar-refractivity contribution in [2.75, 3.05) is 19.5 Å². The van der Waals surface area contributed by atoms with Crippen LogP contribution < -0.4 is 4.74 Å². The van der Waals surface area contributed by atoms with E-state index < -0.39 is 0 Å². The molecule has 4 heteroatoms. The van der Waals surface area contributed by atoms with E-state index >= 15 is 0 Å². The molecule has 0 spiro atoms. The molecule has 106 valence electrons. The molecule has 1 aliphatic rings. The van der Waals surface area contributed by atoms with Crippen LogP contribution in [-0.2, 0) is 6.54 Å². The molecule has 2 nitrogen and oxygen atoms in total. The van der Waals surface area contributed by atoms with Crippen molar-refractivity contribution in [3.8, 4) is 5.75 Å². The normalized spacial score (nSPS) is 19.8. The summed E-state index contributed by atoms with van der Waals surface area (Å²) in [6.07, 6.45) is 4.97. The number of hydrogen-bond acceptors (Lipinski definition) is 2. The number of alkyl halides is 1. The zero-order valence-electron chi connectivity index (χ0n) is 11.4. The summed E-state index contributed by atoms with van der Waals surface area (Å²) in [5.41, 5.74) is 1.34. The van der Waals surface area contributed by atoms with Crippen molar-refractivity contribution in [3.05, 3.63) is 28.2 Å². The van der Waals surface area contributed by atoms with Crippen LogP contribution in [0.25, 0.3) is 0 Å². The molecule has 1 aromatic carbocycles. The fourth-order valence-corrected chi connectivity index (χ4v) is 3.53. The van der Waals surface area contributed by atoms with Crippen molar-refractivity contribution in [2.45, 2.75) is 38.3 Å². The van der Waals surface area contributed by atoms with Crippen molar-refractivity contribution in [3.63, 3.8) is 0 Å². The van der Waals surface area contributed by atoms with Crippen LogP contribution in [0.15, 0.2) is 22.7 Å². The lowest BCUT2D eigenvalue weighted by Crippen LogP contribution is -2.28. The minimum Gasteiger partial charge on any atom is -0.496 e. The molecule has 0 saturated carbocycles. The third-order valence-corrected chi connectivity index (χ3v) is 4.66. The standard InChI is InChI=1S/C15H21BrClNO/c1-19-15-7-6-12(10-14(15)16)11-18-9-3-5-13(18)4-2-8-17/h6-7,10,13H,2-5,8-9,11H2,1H3. The maximum atomic E-state index is 5.80. The maximum absolute atomic E-state index is 5.80. The van der Waals surface area contributed by atoms with E-state index in [4.69, 9.17) is 16.3 Å². The van der Waals surface area contributed by atoms with E-state index in [1.165, 1.54) is 31.4 Å². The summed E-state index contributed by atoms with van der Waals surface area (Å²) in [5.74, 6) is 1.67. The molecule has 0 radical (unpaired) electrons. The minimum absolute atomic E-state index is 0.708. The molecular formula is C15H21BrClNO. The molecule has 0 aliphatic carbocycles. The fraction of sp³-hybridized carbons (Fsp3) is 0.600. The van der Waals surface area contributed by atoms with Gasteiger partial charge in [0.15, 0.2) is 0 Å². The van der Waals surface area contributed by atoms with Crippen LogP contribution in [0, 0.1) is 0 Å². The van der Waals surface area contributed by atoms with Gasteiger partial charge in [0, 0.05) is 18.5 Å². The smallest absolute Gasteiger partial charge is 0.133 e. The number of benzene rings is 1. The van der Waals surface area contributed by atoms with Gasteiger partial charge in [-0.2, -0.15) is 0 Å². The van der Waals surface area contributed by atoms with Crippen LogP contribution in [0.1, 0.15) is 31.2 Å². The molecule has 1 atom stereocenters. The molecule has 1 fully saturated rings. The van der Waals surface area contributed by atoms with Crippen LogP contribution in [-0.4, -0.2) is 30.5 Å². The summed E-state index contributed by atoms with van der Waals surface area (Å²) in [6.45, 7) is 2.23. The second kappa shape index (κ2) is 7.51. The molecule has 0 bridgehead atoms. The first-order valence-electron chi connectivity index (χ1n) is 6.87. The lowest BCUT2D eigenvalue weighted by atomic mass is 10.1. The topological polar surface area (TPSA) is 12.5 Å². The van der Waals surface area contributed by atoms with Crippen LogP contribution in [0.3, 0.4) is 0 Å². The highest BCUT2D eigenvalue weighted by Crippen LogP contribution is 2.28. The summed E-state index contributed by atoms with van der Waals surface area (Å²) in [5, 5.41) is 0. The third-order valence-electron chi connectivity index (χ3n) is 3.77. The molecule has 1 unspecified atom stereocenters. The van der Waals surface area contributed by atoms with Gasteiger partial charge in [0.05, 0.1) is 11.6 Å². The highest BCUT2D eigenvalue weighted by atomic mass is 79.9. The Balaban J connectivity index is 1.97. The lowest BCUT2D eigenvalue weighted by Gasteiger charge is -2.24. The summed E-state index contributed by atoms with van der Waals surface area (Å²) in [7, 11) is 1.70. The molecule has 1 saturated heterocycles. The van der Waals surface area contributed by atoms with Gasteiger partial charge in [0.1, 0.15) is 5.75 Å².